The van der Waals surface area contributed by atoms with Gasteiger partial charge in [-0.3, -0.25) is 4.98 Å². The van der Waals surface area contributed by atoms with Gasteiger partial charge >= 0.3 is 0 Å². The fourth-order valence-corrected chi connectivity index (χ4v) is 3.90. The molecule has 0 radical (unpaired) electrons. The molecule has 6 nitrogen and oxygen atoms in total. The van der Waals surface area contributed by atoms with Gasteiger partial charge in [-0.1, -0.05) is 39.0 Å². The first-order valence-corrected chi connectivity index (χ1v) is 9.80. The van der Waals surface area contributed by atoms with E-state index in [0.29, 0.717) is 5.69 Å². The van der Waals surface area contributed by atoms with Crippen LogP contribution >= 0.6 is 0 Å². The van der Waals surface area contributed by atoms with Crippen LogP contribution in [0.1, 0.15) is 32.0 Å². The largest absolute Gasteiger partial charge is 0.265 e. The molecule has 1 N–H and O–H groups in total. The lowest BCUT2D eigenvalue weighted by atomic mass is 9.92. The Balaban J connectivity index is 1.98. The van der Waals surface area contributed by atoms with Gasteiger partial charge in [0.1, 0.15) is 4.90 Å². The van der Waals surface area contributed by atoms with Gasteiger partial charge in [0.15, 0.2) is 0 Å². The molecule has 2 heterocycles. The van der Waals surface area contributed by atoms with Crippen molar-refractivity contribution in [1.29, 1.82) is 0 Å². The summed E-state index contributed by atoms with van der Waals surface area (Å²) in [6, 6.07) is 13.0. The van der Waals surface area contributed by atoms with E-state index in [9.17, 15) is 8.42 Å². The second-order valence-corrected chi connectivity index (χ2v) is 8.79. The summed E-state index contributed by atoms with van der Waals surface area (Å²) in [5, 5.41) is 4.56. The molecule has 0 bridgehead atoms. The minimum absolute atomic E-state index is 0.197. The molecule has 0 spiro atoms. The fraction of sp³-hybridized carbons (Fsp3) is 0.263. The van der Waals surface area contributed by atoms with Crippen molar-refractivity contribution >= 4 is 10.0 Å². The average molecular weight is 370 g/mol. The highest BCUT2D eigenvalue weighted by Gasteiger charge is 2.30. The minimum Gasteiger partial charge on any atom is -0.265 e. The number of pyridine rings is 1. The third kappa shape index (κ3) is 4.00. The molecule has 1 aromatic carbocycles. The maximum Gasteiger partial charge on any atom is 0.244 e. The number of rotatable bonds is 5. The SMILES string of the molecule is CC(C)(C)c1nn(-c2ccccc2)cc1S(=O)(=O)NCc1ccncc1. The molecule has 0 saturated heterocycles. The van der Waals surface area contributed by atoms with Gasteiger partial charge in [-0.15, -0.1) is 0 Å². The molecular formula is C19H22N4O2S. The maximum atomic E-state index is 12.9. The lowest BCUT2D eigenvalue weighted by molar-refractivity contribution is 0.539. The Morgan fingerprint density at radius 2 is 1.69 bits per heavy atom. The third-order valence-corrected chi connectivity index (χ3v) is 5.32. The summed E-state index contributed by atoms with van der Waals surface area (Å²) < 4.78 is 30.1. The molecule has 3 rings (SSSR count). The number of para-hydroxylation sites is 1. The van der Waals surface area contributed by atoms with E-state index >= 15 is 0 Å². The van der Waals surface area contributed by atoms with Crippen LogP contribution in [0, 0.1) is 0 Å². The quantitative estimate of drug-likeness (QED) is 0.749. The van der Waals surface area contributed by atoms with Crippen molar-refractivity contribution < 1.29 is 8.42 Å². The Labute approximate surface area is 154 Å². The van der Waals surface area contributed by atoms with Gasteiger partial charge in [0.2, 0.25) is 10.0 Å². The van der Waals surface area contributed by atoms with Crippen molar-refractivity contribution in [2.75, 3.05) is 0 Å². The predicted molar refractivity (Wildman–Crippen MR) is 101 cm³/mol. The molecule has 136 valence electrons. The Morgan fingerprint density at radius 1 is 1.04 bits per heavy atom. The van der Waals surface area contributed by atoms with Crippen LogP contribution in [0.3, 0.4) is 0 Å². The maximum absolute atomic E-state index is 12.9. The topological polar surface area (TPSA) is 76.9 Å². The number of hydrogen-bond acceptors (Lipinski definition) is 4. The Morgan fingerprint density at radius 3 is 2.31 bits per heavy atom. The van der Waals surface area contributed by atoms with Crippen molar-refractivity contribution in [2.45, 2.75) is 37.6 Å². The van der Waals surface area contributed by atoms with Gasteiger partial charge in [-0.2, -0.15) is 5.10 Å². The smallest absolute Gasteiger partial charge is 0.244 e. The Hall–Kier alpha value is -2.51. The van der Waals surface area contributed by atoms with E-state index in [1.165, 1.54) is 0 Å². The summed E-state index contributed by atoms with van der Waals surface area (Å²) >= 11 is 0. The summed E-state index contributed by atoms with van der Waals surface area (Å²) in [6.07, 6.45) is 4.85. The van der Waals surface area contributed by atoms with Crippen molar-refractivity contribution in [1.82, 2.24) is 19.5 Å². The fourth-order valence-electron chi connectivity index (χ4n) is 2.54. The van der Waals surface area contributed by atoms with Crippen molar-refractivity contribution in [2.24, 2.45) is 0 Å². The zero-order chi connectivity index (χ0) is 18.8. The van der Waals surface area contributed by atoms with Gasteiger partial charge in [0, 0.05) is 24.4 Å². The molecule has 0 fully saturated rings. The number of nitrogens with one attached hydrogen (secondary N) is 1. The first-order valence-electron chi connectivity index (χ1n) is 8.31. The highest BCUT2D eigenvalue weighted by Crippen LogP contribution is 2.28. The molecule has 3 aromatic rings. The summed E-state index contributed by atoms with van der Waals surface area (Å²) in [6.45, 7) is 6.05. The highest BCUT2D eigenvalue weighted by molar-refractivity contribution is 7.89. The molecule has 0 aliphatic rings. The predicted octanol–water partition coefficient (Wildman–Crippen LogP) is 3.04. The number of sulfonamides is 1. The summed E-state index contributed by atoms with van der Waals surface area (Å²) in [5.41, 5.74) is 1.77. The van der Waals surface area contributed by atoms with E-state index in [0.717, 1.165) is 11.3 Å². The van der Waals surface area contributed by atoms with E-state index in [-0.39, 0.29) is 11.4 Å². The molecule has 0 saturated carbocycles. The zero-order valence-electron chi connectivity index (χ0n) is 15.0. The van der Waals surface area contributed by atoms with Gasteiger partial charge in [0.25, 0.3) is 0 Å². The summed E-state index contributed by atoms with van der Waals surface area (Å²) in [5.74, 6) is 0. The summed E-state index contributed by atoms with van der Waals surface area (Å²) in [7, 11) is -3.71. The lowest BCUT2D eigenvalue weighted by Crippen LogP contribution is -2.26. The van der Waals surface area contributed by atoms with Crippen LogP contribution in [0.2, 0.25) is 0 Å². The van der Waals surface area contributed by atoms with Crippen LogP contribution in [0.15, 0.2) is 66.0 Å². The van der Waals surface area contributed by atoms with E-state index in [1.54, 1.807) is 35.4 Å². The molecule has 0 aliphatic heterocycles. The molecule has 0 aliphatic carbocycles. The molecule has 0 atom stereocenters. The third-order valence-electron chi connectivity index (χ3n) is 3.92. The lowest BCUT2D eigenvalue weighted by Gasteiger charge is -2.17. The van der Waals surface area contributed by atoms with Crippen LogP contribution in [0.25, 0.3) is 5.69 Å². The highest BCUT2D eigenvalue weighted by atomic mass is 32.2. The second kappa shape index (κ2) is 7.01. The second-order valence-electron chi connectivity index (χ2n) is 7.05. The van der Waals surface area contributed by atoms with Crippen molar-refractivity contribution in [3.05, 3.63) is 72.3 Å². The Bertz CT molecular complexity index is 975. The van der Waals surface area contributed by atoms with Crippen LogP contribution in [0.4, 0.5) is 0 Å². The number of aromatic nitrogens is 3. The molecule has 7 heteroatoms. The molecule has 26 heavy (non-hydrogen) atoms. The average Bonchev–Trinajstić information content (AvgIpc) is 3.09. The van der Waals surface area contributed by atoms with Crippen LogP contribution in [0.5, 0.6) is 0 Å². The minimum atomic E-state index is -3.71. The van der Waals surface area contributed by atoms with Gasteiger partial charge in [-0.05, 0) is 29.8 Å². The van der Waals surface area contributed by atoms with E-state index in [4.69, 9.17) is 0 Å². The number of nitrogens with zero attached hydrogens (tertiary/aromatic N) is 3. The van der Waals surface area contributed by atoms with Crippen molar-refractivity contribution in [3.63, 3.8) is 0 Å². The van der Waals surface area contributed by atoms with E-state index in [1.807, 2.05) is 51.1 Å². The van der Waals surface area contributed by atoms with Gasteiger partial charge in [-0.25, -0.2) is 17.8 Å². The van der Waals surface area contributed by atoms with Crippen LogP contribution in [-0.4, -0.2) is 23.2 Å². The van der Waals surface area contributed by atoms with Gasteiger partial charge in [0.05, 0.1) is 17.6 Å². The van der Waals surface area contributed by atoms with E-state index in [2.05, 4.69) is 14.8 Å². The van der Waals surface area contributed by atoms with Crippen LogP contribution in [-0.2, 0) is 22.0 Å². The summed E-state index contributed by atoms with van der Waals surface area (Å²) in [4.78, 5) is 4.14. The number of benzene rings is 1. The molecular weight excluding hydrogens is 348 g/mol. The van der Waals surface area contributed by atoms with Crippen LogP contribution < -0.4 is 4.72 Å². The van der Waals surface area contributed by atoms with E-state index < -0.39 is 15.4 Å². The first-order chi connectivity index (χ1) is 12.3. The molecule has 2 aromatic heterocycles. The van der Waals surface area contributed by atoms with Crippen molar-refractivity contribution in [3.8, 4) is 5.69 Å². The monoisotopic (exact) mass is 370 g/mol. The van der Waals surface area contributed by atoms with Gasteiger partial charge < -0.3 is 0 Å². The standard InChI is InChI=1S/C19H22N4O2S/c1-19(2,3)18-17(14-23(22-18)16-7-5-4-6-8-16)26(24,25)21-13-15-9-11-20-12-10-15/h4-12,14,21H,13H2,1-3H3. The molecule has 0 unspecified atom stereocenters. The first kappa shape index (κ1) is 18.3. The normalized spacial score (nSPS) is 12.3. The Kier molecular flexibility index (Phi) is 4.93. The molecule has 0 amide bonds. The zero-order valence-corrected chi connectivity index (χ0v) is 15.9. The number of hydrogen-bond donors (Lipinski definition) is 1.